The van der Waals surface area contributed by atoms with E-state index in [4.69, 9.17) is 61.6 Å². The second-order valence-corrected chi connectivity index (χ2v) is 33.4. The minimum Gasteiger partial charge on any atom is -0.461 e. The lowest BCUT2D eigenvalue weighted by molar-refractivity contribution is -0.409. The highest BCUT2D eigenvalue weighted by Crippen LogP contribution is 2.89. The topological polar surface area (TPSA) is 510 Å². The number of hydrogen-bond acceptors (Lipinski definition) is 32. The summed E-state index contributed by atoms with van der Waals surface area (Å²) in [7, 11) is 0. The van der Waals surface area contributed by atoms with E-state index in [0.717, 1.165) is 51.4 Å². The van der Waals surface area contributed by atoms with E-state index >= 15 is 0 Å². The molecule has 7 saturated heterocycles. The molecule has 0 aromatic rings. The quantitative estimate of drug-likeness (QED) is 0.0225. The number of amides is 1. The first-order chi connectivity index (χ1) is 49.4. The summed E-state index contributed by atoms with van der Waals surface area (Å²) in [6.45, 7) is 16.2. The van der Waals surface area contributed by atoms with Crippen LogP contribution in [0.4, 0.5) is 0 Å². The number of carbonyl (C=O) groups excluding carboxylic acids is 2. The van der Waals surface area contributed by atoms with Crippen molar-refractivity contribution in [1.82, 2.24) is 5.32 Å². The predicted octanol–water partition coefficient (Wildman–Crippen LogP) is -4.01. The summed E-state index contributed by atoms with van der Waals surface area (Å²) in [5, 5.41) is 192. The van der Waals surface area contributed by atoms with Gasteiger partial charge in [-0.3, -0.25) is 4.79 Å². The molecule has 7 aliphatic heterocycles. The van der Waals surface area contributed by atoms with Crippen LogP contribution in [0, 0.1) is 56.7 Å². The Morgan fingerprint density at radius 1 is 0.495 bits per heavy atom. The molecular formula is C72H115NO32. The van der Waals surface area contributed by atoms with Crippen molar-refractivity contribution in [2.45, 2.75) is 330 Å². The van der Waals surface area contributed by atoms with Crippen molar-refractivity contribution in [2.24, 2.45) is 56.7 Å². The Labute approximate surface area is 609 Å². The van der Waals surface area contributed by atoms with Gasteiger partial charge in [-0.1, -0.05) is 59.8 Å². The van der Waals surface area contributed by atoms with Gasteiger partial charge in [0.2, 0.25) is 5.91 Å². The maximum absolute atomic E-state index is 13.2. The van der Waals surface area contributed by atoms with Gasteiger partial charge in [-0.05, 0) is 136 Å². The molecule has 12 rings (SSSR count). The number of rotatable bonds is 21. The lowest BCUT2D eigenvalue weighted by atomic mass is 9.42. The lowest BCUT2D eigenvalue weighted by Crippen LogP contribution is -2.68. The Hall–Kier alpha value is -2.74. The highest BCUT2D eigenvalue weighted by atomic mass is 16.8. The molecule has 0 bridgehead atoms. The first-order valence-corrected chi connectivity index (χ1v) is 37.5. The highest BCUT2D eigenvalue weighted by Gasteiger charge is 2.82. The molecule has 600 valence electrons. The van der Waals surface area contributed by atoms with Gasteiger partial charge in [-0.25, -0.2) is 4.79 Å². The number of cyclic esters (lactones) is 1. The third kappa shape index (κ3) is 14.3. The van der Waals surface area contributed by atoms with Crippen LogP contribution in [0.1, 0.15) is 127 Å². The van der Waals surface area contributed by atoms with Gasteiger partial charge < -0.3 is 154 Å². The average Bonchev–Trinajstić information content (AvgIpc) is 1.46. The van der Waals surface area contributed by atoms with Crippen molar-refractivity contribution in [3.63, 3.8) is 0 Å². The molecule has 5 aliphatic carbocycles. The molecule has 0 radical (unpaired) electrons. The fourth-order valence-corrected chi connectivity index (χ4v) is 20.8. The smallest absolute Gasteiger partial charge is 0.329 e. The molecule has 0 aromatic heterocycles. The van der Waals surface area contributed by atoms with E-state index in [1.165, 1.54) is 13.8 Å². The zero-order chi connectivity index (χ0) is 76.4. The van der Waals surface area contributed by atoms with Gasteiger partial charge >= 0.3 is 5.97 Å². The zero-order valence-electron chi connectivity index (χ0n) is 61.1. The molecule has 5 saturated carbocycles. The molecule has 33 heteroatoms. The van der Waals surface area contributed by atoms with Crippen LogP contribution >= 0.6 is 0 Å². The van der Waals surface area contributed by atoms with Crippen LogP contribution in [-0.2, 0) is 71.2 Å². The zero-order valence-corrected chi connectivity index (χ0v) is 61.1. The number of ether oxygens (including phenoxy) is 13. The molecule has 12 fully saturated rings. The third-order valence-corrected chi connectivity index (χ3v) is 27.6. The van der Waals surface area contributed by atoms with Gasteiger partial charge in [0.15, 0.2) is 37.7 Å². The summed E-state index contributed by atoms with van der Waals surface area (Å²) in [6, 6.07) is -0.706. The summed E-state index contributed by atoms with van der Waals surface area (Å²) < 4.78 is 79.7. The SMILES string of the molecule is CC(=CC=CC(C)C1CCC2(C)C3CCC4C(C)(C)C(OC5OC(CO)C(OC6OC(C)C(O)C(O)C6O)C(O)C5OC5OC(COC6OC(CO)C(O)C(O)C6OC6OC(CO)C(O)C(O)C6O)C(O)C(O)C5OC5OC(C)C(O)C(O)C5O)CCC45CC35CCC12C)C(=O)NC1C(=O)OC(C)C1C. The maximum atomic E-state index is 13.2. The third-order valence-electron chi connectivity index (χ3n) is 27.6. The highest BCUT2D eigenvalue weighted by molar-refractivity contribution is 5.96. The molecule has 12 aliphatic rings. The van der Waals surface area contributed by atoms with Crippen molar-refractivity contribution in [3.05, 3.63) is 23.8 Å². The number of aliphatic hydroxyl groups excluding tert-OH is 17. The fourth-order valence-electron chi connectivity index (χ4n) is 20.8. The molecule has 0 aromatic carbocycles. The number of nitrogens with one attached hydrogen (secondary N) is 1. The molecule has 2 spiro atoms. The van der Waals surface area contributed by atoms with Crippen LogP contribution in [0.15, 0.2) is 23.8 Å². The molecule has 18 N–H and O–H groups in total. The van der Waals surface area contributed by atoms with Gasteiger partial charge in [0.1, 0.15) is 146 Å². The van der Waals surface area contributed by atoms with E-state index in [0.29, 0.717) is 23.8 Å². The monoisotopic (exact) mass is 1510 g/mol. The van der Waals surface area contributed by atoms with Crippen LogP contribution in [0.3, 0.4) is 0 Å². The van der Waals surface area contributed by atoms with Gasteiger partial charge in [-0.2, -0.15) is 0 Å². The molecule has 42 atom stereocenters. The van der Waals surface area contributed by atoms with Crippen molar-refractivity contribution < 1.29 is 158 Å². The van der Waals surface area contributed by atoms with Crippen LogP contribution < -0.4 is 5.32 Å². The van der Waals surface area contributed by atoms with Gasteiger partial charge in [0.05, 0.1) is 44.7 Å². The Bertz CT molecular complexity index is 3060. The number of aliphatic hydroxyl groups is 17. The average molecular weight is 1510 g/mol. The van der Waals surface area contributed by atoms with Crippen molar-refractivity contribution in [2.75, 3.05) is 26.4 Å². The molecule has 105 heavy (non-hydrogen) atoms. The minimum absolute atomic E-state index is 0.00304. The minimum atomic E-state index is -2.19. The van der Waals surface area contributed by atoms with Crippen molar-refractivity contribution >= 4 is 11.9 Å². The predicted molar refractivity (Wildman–Crippen MR) is 355 cm³/mol. The Morgan fingerprint density at radius 2 is 0.971 bits per heavy atom. The number of hydrogen-bond donors (Lipinski definition) is 18. The van der Waals surface area contributed by atoms with E-state index in [1.54, 1.807) is 13.0 Å². The second kappa shape index (κ2) is 31.3. The Kier molecular flexibility index (Phi) is 24.4. The number of esters is 1. The fraction of sp³-hybridized carbons (Fsp3) is 0.917. The van der Waals surface area contributed by atoms with Crippen molar-refractivity contribution in [1.29, 1.82) is 0 Å². The number of allylic oxidation sites excluding steroid dienone is 3. The van der Waals surface area contributed by atoms with E-state index in [9.17, 15) is 96.4 Å². The van der Waals surface area contributed by atoms with Crippen LogP contribution in [0.2, 0.25) is 0 Å². The molecular weight excluding hydrogens is 1390 g/mol. The van der Waals surface area contributed by atoms with E-state index in [2.05, 4.69) is 46.0 Å². The number of carbonyl (C=O) groups is 2. The molecule has 33 nitrogen and oxygen atoms in total. The first kappa shape index (κ1) is 81.7. The maximum Gasteiger partial charge on any atom is 0.329 e. The standard InChI is InChI=1S/C72H115NO32/c1-27(12-11-13-28(2)60(91)73-41-29(3)30(4)94-61(41)92)33-16-18-70(10)39-15-14-38-68(7,8)40(17-19-71(38)26-72(39,71)21-20-69(33,70)9)101-66-59(55(90)56(36(24-76)99-66)102-62-52(87)47(82)42(77)31(5)95-62)105-67-58(104-63-53(88)48(83)43(78)32(6)96-63)51(86)46(81)37(100-67)25-93-65-57(50(85)45(80)35(23-75)98-65)103-64-54(89)49(84)44(79)34(22-74)97-64/h11-13,27,29-59,62-67,74-90H,14-26H2,1-10H3,(H,73,91). The van der Waals surface area contributed by atoms with Crippen molar-refractivity contribution in [3.8, 4) is 0 Å². The second-order valence-electron chi connectivity index (χ2n) is 33.4. The summed E-state index contributed by atoms with van der Waals surface area (Å²) in [4.78, 5) is 25.7. The first-order valence-electron chi connectivity index (χ1n) is 37.5. The number of fused-ring (bicyclic) bond motifs is 2. The summed E-state index contributed by atoms with van der Waals surface area (Å²) in [6.07, 6.45) is -41.4. The molecule has 1 amide bonds. The summed E-state index contributed by atoms with van der Waals surface area (Å²) in [5.74, 6) is 0.192. The Morgan fingerprint density at radius 3 is 1.55 bits per heavy atom. The van der Waals surface area contributed by atoms with Crippen LogP contribution in [0.5, 0.6) is 0 Å². The van der Waals surface area contributed by atoms with Gasteiger partial charge in [-0.15, -0.1) is 0 Å². The van der Waals surface area contributed by atoms with Gasteiger partial charge in [0, 0.05) is 11.5 Å². The molecule has 42 unspecified atom stereocenters. The van der Waals surface area contributed by atoms with Crippen LogP contribution in [0.25, 0.3) is 0 Å². The summed E-state index contributed by atoms with van der Waals surface area (Å²) >= 11 is 0. The van der Waals surface area contributed by atoms with E-state index < -0.39 is 234 Å². The van der Waals surface area contributed by atoms with Gasteiger partial charge in [0.25, 0.3) is 0 Å². The Balaban J connectivity index is 0.808. The summed E-state index contributed by atoms with van der Waals surface area (Å²) in [5.41, 5.74) is -0.147. The largest absolute Gasteiger partial charge is 0.461 e. The lowest BCUT2D eigenvalue weighted by Gasteiger charge is -2.63. The van der Waals surface area contributed by atoms with E-state index in [-0.39, 0.29) is 51.4 Å². The van der Waals surface area contributed by atoms with E-state index in [1.807, 2.05) is 19.9 Å². The molecule has 7 heterocycles. The van der Waals surface area contributed by atoms with Crippen LogP contribution in [-0.4, -0.2) is 328 Å². The normalized spacial score (nSPS) is 53.7.